The monoisotopic (exact) mass is 272 g/mol. The van der Waals surface area contributed by atoms with Gasteiger partial charge in [-0.3, -0.25) is 4.98 Å². The molecular weight excluding hydrogens is 261 g/mol. The van der Waals surface area contributed by atoms with Crippen molar-refractivity contribution in [3.8, 4) is 5.75 Å². The number of pyridine rings is 1. The molecule has 3 aromatic carbocycles. The summed E-state index contributed by atoms with van der Waals surface area (Å²) in [7, 11) is 0.697. The molecule has 99 valence electrons. The minimum Gasteiger partial charge on any atom is -0.537 e. The zero-order chi connectivity index (χ0) is 14.2. The largest absolute Gasteiger partial charge is 0.569 e. The van der Waals surface area contributed by atoms with Crippen molar-refractivity contribution in [3.63, 3.8) is 0 Å². The fourth-order valence-corrected chi connectivity index (χ4v) is 2.88. The molecule has 0 fully saturated rings. The highest BCUT2D eigenvalue weighted by atomic mass is 16.5. The Labute approximate surface area is 122 Å². The smallest absolute Gasteiger partial charge is 0.537 e. The lowest BCUT2D eigenvalue weighted by Gasteiger charge is -2.10. The van der Waals surface area contributed by atoms with Crippen LogP contribution in [0.4, 0.5) is 0 Å². The van der Waals surface area contributed by atoms with E-state index >= 15 is 0 Å². The van der Waals surface area contributed by atoms with Crippen molar-refractivity contribution >= 4 is 40.1 Å². The molecule has 0 saturated carbocycles. The Morgan fingerprint density at radius 2 is 1.52 bits per heavy atom. The number of rotatable bonds is 2. The van der Waals surface area contributed by atoms with Crippen LogP contribution in [0.2, 0.25) is 0 Å². The number of aromatic nitrogens is 1. The lowest BCUT2D eigenvalue weighted by atomic mass is 9.97. The van der Waals surface area contributed by atoms with Crippen LogP contribution in [-0.4, -0.2) is 17.7 Å². The number of benzene rings is 3. The van der Waals surface area contributed by atoms with Crippen molar-refractivity contribution < 1.29 is 9.68 Å². The van der Waals surface area contributed by atoms with E-state index < -0.39 is 0 Å². The summed E-state index contributed by atoms with van der Waals surface area (Å²) in [6.45, 7) is 0. The molecule has 0 aliphatic carbocycles. The average molecular weight is 272 g/mol. The van der Waals surface area contributed by atoms with Crippen LogP contribution in [0, 0.1) is 0 Å². The molecule has 0 amide bonds. The molecule has 21 heavy (non-hydrogen) atoms. The van der Waals surface area contributed by atoms with Crippen LogP contribution < -0.4 is 4.65 Å². The van der Waals surface area contributed by atoms with Crippen LogP contribution in [0.25, 0.3) is 32.4 Å². The Kier molecular flexibility index (Phi) is 2.76. The minimum atomic E-state index is 0.602. The highest BCUT2D eigenvalue weighted by molar-refractivity contribution is 6.24. The van der Waals surface area contributed by atoms with E-state index in [1.54, 1.807) is 0 Å². The van der Waals surface area contributed by atoms with E-state index in [1.807, 2.05) is 42.6 Å². The van der Waals surface area contributed by atoms with Gasteiger partial charge in [-0.15, -0.1) is 0 Å². The number of nitrogens with zero attached hydrogens (tertiary/aromatic N) is 1. The zero-order valence-corrected chi connectivity index (χ0v) is 11.2. The van der Waals surface area contributed by atoms with Gasteiger partial charge in [-0.05, 0) is 40.4 Å². The van der Waals surface area contributed by atoms with Crippen LogP contribution in [0.1, 0.15) is 0 Å². The summed E-state index contributed by atoms with van der Waals surface area (Å²) in [5.74, 6) is 0.602. The fourth-order valence-electron chi connectivity index (χ4n) is 2.88. The zero-order valence-electron chi connectivity index (χ0n) is 11.2. The standard InChI is InChI=1S/C17H11BNO2/c20-18-21-11-7-8-15-16(10-11)13-5-2-1-4-12(13)14-6-3-9-19-17(14)15/h1-10,20H. The van der Waals surface area contributed by atoms with Gasteiger partial charge in [-0.1, -0.05) is 30.3 Å². The van der Waals surface area contributed by atoms with Gasteiger partial charge in [0.05, 0.1) is 5.52 Å². The second kappa shape index (κ2) is 4.75. The molecule has 4 heteroatoms. The predicted octanol–water partition coefficient (Wildman–Crippen LogP) is 3.45. The first-order valence-corrected chi connectivity index (χ1v) is 6.70. The molecule has 4 aromatic rings. The molecular formula is C17H11BNO2. The first-order chi connectivity index (χ1) is 10.4. The second-order valence-corrected chi connectivity index (χ2v) is 4.88. The summed E-state index contributed by atoms with van der Waals surface area (Å²) < 4.78 is 5.09. The maximum absolute atomic E-state index is 8.82. The molecule has 4 rings (SSSR count). The third-order valence-corrected chi connectivity index (χ3v) is 3.75. The molecule has 0 unspecified atom stereocenters. The van der Waals surface area contributed by atoms with Gasteiger partial charge in [0.25, 0.3) is 0 Å². The Balaban J connectivity index is 2.24. The van der Waals surface area contributed by atoms with E-state index in [2.05, 4.69) is 23.2 Å². The Bertz CT molecular complexity index is 933. The Morgan fingerprint density at radius 3 is 2.33 bits per heavy atom. The molecule has 0 atom stereocenters. The van der Waals surface area contributed by atoms with Gasteiger partial charge in [-0.2, -0.15) is 0 Å². The van der Waals surface area contributed by atoms with Crippen molar-refractivity contribution in [2.24, 2.45) is 0 Å². The highest BCUT2D eigenvalue weighted by Gasteiger charge is 2.09. The molecule has 1 heterocycles. The van der Waals surface area contributed by atoms with Crippen LogP contribution in [0.15, 0.2) is 60.8 Å². The maximum Gasteiger partial charge on any atom is 0.569 e. The number of hydrogen-bond acceptors (Lipinski definition) is 3. The van der Waals surface area contributed by atoms with Gasteiger partial charge in [0, 0.05) is 17.0 Å². The third-order valence-electron chi connectivity index (χ3n) is 3.75. The summed E-state index contributed by atoms with van der Waals surface area (Å²) in [5, 5.41) is 14.4. The molecule has 1 aromatic heterocycles. The normalized spacial score (nSPS) is 11.1. The minimum absolute atomic E-state index is 0.602. The van der Waals surface area contributed by atoms with E-state index in [0.717, 1.165) is 27.1 Å². The predicted molar refractivity (Wildman–Crippen MR) is 85.4 cm³/mol. The highest BCUT2D eigenvalue weighted by Crippen LogP contribution is 2.35. The summed E-state index contributed by atoms with van der Waals surface area (Å²) >= 11 is 0. The van der Waals surface area contributed by atoms with Crippen LogP contribution in [0.3, 0.4) is 0 Å². The third kappa shape index (κ3) is 1.84. The van der Waals surface area contributed by atoms with E-state index in [-0.39, 0.29) is 0 Å². The van der Waals surface area contributed by atoms with Gasteiger partial charge in [0.1, 0.15) is 5.75 Å². The van der Waals surface area contributed by atoms with Gasteiger partial charge < -0.3 is 9.68 Å². The number of fused-ring (bicyclic) bond motifs is 6. The van der Waals surface area contributed by atoms with Gasteiger partial charge in [-0.25, -0.2) is 0 Å². The molecule has 0 saturated heterocycles. The van der Waals surface area contributed by atoms with Gasteiger partial charge in [0.2, 0.25) is 0 Å². The van der Waals surface area contributed by atoms with Crippen LogP contribution in [0.5, 0.6) is 5.75 Å². The van der Waals surface area contributed by atoms with Crippen molar-refractivity contribution in [3.05, 3.63) is 60.8 Å². The summed E-state index contributed by atoms with van der Waals surface area (Å²) in [6.07, 6.45) is 1.81. The molecule has 1 N–H and O–H groups in total. The van der Waals surface area contributed by atoms with Crippen LogP contribution >= 0.6 is 0 Å². The maximum atomic E-state index is 8.82. The Hall–Kier alpha value is -2.59. The first-order valence-electron chi connectivity index (χ1n) is 6.70. The second-order valence-electron chi connectivity index (χ2n) is 4.88. The molecule has 3 nitrogen and oxygen atoms in total. The van der Waals surface area contributed by atoms with E-state index in [1.165, 1.54) is 5.39 Å². The van der Waals surface area contributed by atoms with E-state index in [0.29, 0.717) is 13.4 Å². The summed E-state index contributed by atoms with van der Waals surface area (Å²) in [6, 6.07) is 18.0. The van der Waals surface area contributed by atoms with Gasteiger partial charge >= 0.3 is 7.69 Å². The van der Waals surface area contributed by atoms with Crippen molar-refractivity contribution in [1.82, 2.24) is 4.98 Å². The average Bonchev–Trinajstić information content (AvgIpc) is 2.55. The molecule has 1 radical (unpaired) electrons. The lowest BCUT2D eigenvalue weighted by molar-refractivity contribution is 0.454. The summed E-state index contributed by atoms with van der Waals surface area (Å²) in [5.41, 5.74) is 0.978. The van der Waals surface area contributed by atoms with E-state index in [4.69, 9.17) is 9.68 Å². The lowest BCUT2D eigenvalue weighted by Crippen LogP contribution is -1.99. The topological polar surface area (TPSA) is 42.4 Å². The Morgan fingerprint density at radius 1 is 0.810 bits per heavy atom. The first kappa shape index (κ1) is 12.2. The van der Waals surface area contributed by atoms with Gasteiger partial charge in [0.15, 0.2) is 0 Å². The van der Waals surface area contributed by atoms with E-state index in [9.17, 15) is 0 Å². The fraction of sp³-hybridized carbons (Fsp3) is 0. The van der Waals surface area contributed by atoms with Crippen LogP contribution in [-0.2, 0) is 0 Å². The molecule has 0 aliphatic rings. The number of hydrogen-bond donors (Lipinski definition) is 1. The molecule has 0 spiro atoms. The molecule has 0 bridgehead atoms. The van der Waals surface area contributed by atoms with Crippen molar-refractivity contribution in [1.29, 1.82) is 0 Å². The summed E-state index contributed by atoms with van der Waals surface area (Å²) in [4.78, 5) is 4.54. The SMILES string of the molecule is O[B]Oc1ccc2c(c1)c1ccccc1c1cccnc12. The quantitative estimate of drug-likeness (QED) is 0.449. The van der Waals surface area contributed by atoms with Crippen molar-refractivity contribution in [2.45, 2.75) is 0 Å². The van der Waals surface area contributed by atoms with Crippen molar-refractivity contribution in [2.75, 3.05) is 0 Å². The molecule has 0 aliphatic heterocycles.